The first-order valence-electron chi connectivity index (χ1n) is 10.9. The van der Waals surface area contributed by atoms with Crippen molar-refractivity contribution < 1.29 is 9.18 Å². The number of allylic oxidation sites excluding steroid dienone is 2. The van der Waals surface area contributed by atoms with Gasteiger partial charge >= 0.3 is 0 Å². The highest BCUT2D eigenvalue weighted by atomic mass is 32.2. The molecule has 0 atom stereocenters. The van der Waals surface area contributed by atoms with Crippen LogP contribution >= 0.6 is 11.8 Å². The lowest BCUT2D eigenvalue weighted by atomic mass is 9.87. The molecular formula is C26H28FN3OS. The van der Waals surface area contributed by atoms with Crippen LogP contribution in [0.25, 0.3) is 6.08 Å². The third-order valence-corrected chi connectivity index (χ3v) is 6.73. The molecule has 0 saturated carbocycles. The molecule has 166 valence electrons. The van der Waals surface area contributed by atoms with Crippen molar-refractivity contribution >= 4 is 34.6 Å². The first kappa shape index (κ1) is 22.3. The van der Waals surface area contributed by atoms with E-state index in [1.54, 1.807) is 12.1 Å². The Kier molecular flexibility index (Phi) is 6.51. The Morgan fingerprint density at radius 1 is 0.969 bits per heavy atom. The first-order chi connectivity index (χ1) is 15.3. The second-order valence-corrected chi connectivity index (χ2v) is 10.00. The summed E-state index contributed by atoms with van der Waals surface area (Å²) in [6.45, 7) is 9.39. The van der Waals surface area contributed by atoms with Gasteiger partial charge in [-0.05, 0) is 46.5 Å². The summed E-state index contributed by atoms with van der Waals surface area (Å²) in [6, 6.07) is 15.3. The number of carbonyl (C=O) groups excluding carboxylic acids is 1. The number of nitrogens with zero attached hydrogens (tertiary/aromatic N) is 3. The van der Waals surface area contributed by atoms with Crippen LogP contribution in [-0.4, -0.2) is 42.2 Å². The summed E-state index contributed by atoms with van der Waals surface area (Å²) >= 11 is 1.41. The van der Waals surface area contributed by atoms with Crippen LogP contribution in [0.4, 0.5) is 10.1 Å². The molecule has 2 heterocycles. The highest BCUT2D eigenvalue weighted by Gasteiger charge is 2.28. The Balaban J connectivity index is 1.34. The van der Waals surface area contributed by atoms with Crippen molar-refractivity contribution in [3.8, 4) is 0 Å². The van der Waals surface area contributed by atoms with Gasteiger partial charge in [-0.2, -0.15) is 4.99 Å². The smallest absolute Gasteiger partial charge is 0.286 e. The number of amides is 1. The normalized spacial score (nSPS) is 18.7. The van der Waals surface area contributed by atoms with E-state index in [4.69, 9.17) is 0 Å². The number of benzene rings is 2. The fourth-order valence-electron chi connectivity index (χ4n) is 3.74. The quantitative estimate of drug-likeness (QED) is 0.582. The van der Waals surface area contributed by atoms with E-state index in [2.05, 4.69) is 54.9 Å². The van der Waals surface area contributed by atoms with E-state index in [0.717, 1.165) is 10.7 Å². The lowest BCUT2D eigenvalue weighted by Crippen LogP contribution is -2.48. The molecule has 4 rings (SSSR count). The second kappa shape index (κ2) is 9.33. The minimum absolute atomic E-state index is 0.131. The number of rotatable bonds is 3. The summed E-state index contributed by atoms with van der Waals surface area (Å²) in [5.41, 5.74) is 3.15. The Morgan fingerprint density at radius 2 is 1.62 bits per heavy atom. The number of halogens is 1. The van der Waals surface area contributed by atoms with Gasteiger partial charge in [0.15, 0.2) is 5.17 Å². The van der Waals surface area contributed by atoms with Crippen LogP contribution < -0.4 is 4.90 Å². The second-order valence-electron chi connectivity index (χ2n) is 8.99. The highest BCUT2D eigenvalue weighted by molar-refractivity contribution is 8.18. The molecule has 0 aliphatic carbocycles. The van der Waals surface area contributed by atoms with Gasteiger partial charge < -0.3 is 9.80 Å². The van der Waals surface area contributed by atoms with Crippen molar-refractivity contribution in [2.45, 2.75) is 26.2 Å². The van der Waals surface area contributed by atoms with Crippen LogP contribution in [0.1, 0.15) is 31.9 Å². The fourth-order valence-corrected chi connectivity index (χ4v) is 4.65. The Labute approximate surface area is 193 Å². The number of piperazine rings is 1. The van der Waals surface area contributed by atoms with E-state index in [9.17, 15) is 9.18 Å². The minimum atomic E-state index is -0.200. The predicted molar refractivity (Wildman–Crippen MR) is 132 cm³/mol. The molecule has 0 N–H and O–H groups in total. The molecule has 0 spiro atoms. The number of carbonyl (C=O) groups is 1. The van der Waals surface area contributed by atoms with Crippen molar-refractivity contribution in [1.29, 1.82) is 0 Å². The molecule has 32 heavy (non-hydrogen) atoms. The van der Waals surface area contributed by atoms with Gasteiger partial charge in [0.1, 0.15) is 5.82 Å². The maximum Gasteiger partial charge on any atom is 0.286 e. The van der Waals surface area contributed by atoms with Crippen LogP contribution in [0.15, 0.2) is 70.6 Å². The summed E-state index contributed by atoms with van der Waals surface area (Å²) in [7, 11) is 0. The van der Waals surface area contributed by atoms with E-state index in [0.29, 0.717) is 36.8 Å². The SMILES string of the molecule is CC(C)(C)c1ccc(/C=C/C=C2/SC(N3CCN(c4ccccc4F)CC3)=NC2=O)cc1. The topological polar surface area (TPSA) is 35.9 Å². The molecule has 0 radical (unpaired) electrons. The molecule has 4 nitrogen and oxygen atoms in total. The molecule has 1 fully saturated rings. The molecule has 0 aromatic heterocycles. The Morgan fingerprint density at radius 3 is 2.28 bits per heavy atom. The summed E-state index contributed by atoms with van der Waals surface area (Å²) in [4.78, 5) is 21.4. The molecule has 6 heteroatoms. The van der Waals surface area contributed by atoms with Crippen molar-refractivity contribution in [3.63, 3.8) is 0 Å². The number of thioether (sulfide) groups is 1. The molecule has 1 amide bonds. The van der Waals surface area contributed by atoms with Crippen LogP contribution in [-0.2, 0) is 10.2 Å². The zero-order chi connectivity index (χ0) is 22.7. The zero-order valence-electron chi connectivity index (χ0n) is 18.7. The van der Waals surface area contributed by atoms with Crippen molar-refractivity contribution in [3.05, 3.63) is 82.5 Å². The van der Waals surface area contributed by atoms with Crippen molar-refractivity contribution in [1.82, 2.24) is 4.90 Å². The van der Waals surface area contributed by atoms with Crippen molar-refractivity contribution in [2.75, 3.05) is 31.1 Å². The van der Waals surface area contributed by atoms with Gasteiger partial charge in [-0.3, -0.25) is 4.79 Å². The zero-order valence-corrected chi connectivity index (χ0v) is 19.5. The van der Waals surface area contributed by atoms with Gasteiger partial charge in [0.25, 0.3) is 5.91 Å². The van der Waals surface area contributed by atoms with E-state index in [1.165, 1.54) is 23.4 Å². The van der Waals surface area contributed by atoms with Crippen LogP contribution in [0.2, 0.25) is 0 Å². The maximum absolute atomic E-state index is 14.0. The molecule has 0 unspecified atom stereocenters. The summed E-state index contributed by atoms with van der Waals surface area (Å²) in [5, 5.41) is 0.734. The van der Waals surface area contributed by atoms with Crippen LogP contribution in [0.5, 0.6) is 0 Å². The minimum Gasteiger partial charge on any atom is -0.366 e. The van der Waals surface area contributed by atoms with E-state index in [-0.39, 0.29) is 17.1 Å². The number of aliphatic imine (C=N–C) groups is 1. The van der Waals surface area contributed by atoms with Crippen LogP contribution in [0.3, 0.4) is 0 Å². The molecule has 2 aromatic carbocycles. The van der Waals surface area contributed by atoms with Gasteiger partial charge in [0, 0.05) is 26.2 Å². The molecule has 2 aromatic rings. The molecule has 0 bridgehead atoms. The summed E-state index contributed by atoms with van der Waals surface area (Å²) in [5.74, 6) is -0.400. The van der Waals surface area contributed by atoms with Gasteiger partial charge in [0.05, 0.1) is 10.6 Å². The largest absolute Gasteiger partial charge is 0.366 e. The van der Waals surface area contributed by atoms with E-state index >= 15 is 0 Å². The van der Waals surface area contributed by atoms with E-state index < -0.39 is 0 Å². The first-order valence-corrected chi connectivity index (χ1v) is 11.7. The maximum atomic E-state index is 14.0. The number of hydrogen-bond acceptors (Lipinski definition) is 4. The lowest BCUT2D eigenvalue weighted by Gasteiger charge is -2.36. The number of amidine groups is 1. The average molecular weight is 450 g/mol. The standard InChI is InChI=1S/C26H28FN3OS/c1-26(2,3)20-13-11-19(12-14-20)7-6-10-23-24(31)28-25(32-23)30-17-15-29(16-18-30)22-9-5-4-8-21(22)27/h4-14H,15-18H2,1-3H3/b7-6+,23-10+. The predicted octanol–water partition coefficient (Wildman–Crippen LogP) is 5.47. The molecular weight excluding hydrogens is 421 g/mol. The third-order valence-electron chi connectivity index (χ3n) is 5.67. The molecule has 2 aliphatic heterocycles. The summed E-state index contributed by atoms with van der Waals surface area (Å²) < 4.78 is 14.0. The molecule has 2 aliphatic rings. The number of para-hydroxylation sites is 1. The van der Waals surface area contributed by atoms with Gasteiger partial charge in [-0.15, -0.1) is 0 Å². The highest BCUT2D eigenvalue weighted by Crippen LogP contribution is 2.30. The number of hydrogen-bond donors (Lipinski definition) is 0. The Bertz CT molecular complexity index is 1070. The van der Waals surface area contributed by atoms with Crippen molar-refractivity contribution in [2.24, 2.45) is 4.99 Å². The lowest BCUT2D eigenvalue weighted by molar-refractivity contribution is -0.113. The van der Waals surface area contributed by atoms with Gasteiger partial charge in [0.2, 0.25) is 0 Å². The monoisotopic (exact) mass is 449 g/mol. The average Bonchev–Trinajstić information content (AvgIpc) is 3.14. The number of anilines is 1. The van der Waals surface area contributed by atoms with Crippen LogP contribution in [0, 0.1) is 5.82 Å². The van der Waals surface area contributed by atoms with E-state index in [1.807, 2.05) is 29.2 Å². The third kappa shape index (κ3) is 5.13. The Hall–Kier alpha value is -2.86. The summed E-state index contributed by atoms with van der Waals surface area (Å²) in [6.07, 6.45) is 5.73. The molecule has 1 saturated heterocycles. The van der Waals surface area contributed by atoms with Gasteiger partial charge in [-0.25, -0.2) is 4.39 Å². The fraction of sp³-hybridized carbons (Fsp3) is 0.308. The van der Waals surface area contributed by atoms with Gasteiger partial charge in [-0.1, -0.05) is 69.3 Å².